The first-order valence-electron chi connectivity index (χ1n) is 9.16. The fourth-order valence-electron chi connectivity index (χ4n) is 2.89. The number of anilines is 1. The second-order valence-electron chi connectivity index (χ2n) is 6.36. The standard InChI is InChI=1S/C21H20FN5O2S/c1-3-18-16(8-7-14-9-19(27-30(28)29)13(2)24-11-14)21(26-12-25-18)17-6-4-5-15(10-23)20(17)22/h4-6,9,11-12,30H,3,10,23H2,1-2H3,(H,27,28,29). The molecule has 3 N–H and O–H groups in total. The average Bonchev–Trinajstić information content (AvgIpc) is 2.74. The lowest BCUT2D eigenvalue weighted by Crippen LogP contribution is -2.04. The molecule has 2 aromatic heterocycles. The first-order valence-corrected chi connectivity index (χ1v) is 10.3. The molecular weight excluding hydrogens is 405 g/mol. The number of benzene rings is 1. The van der Waals surface area contributed by atoms with E-state index in [0.29, 0.717) is 51.4 Å². The molecular formula is C21H20FN5O2S. The zero-order valence-corrected chi connectivity index (χ0v) is 17.3. The summed E-state index contributed by atoms with van der Waals surface area (Å²) in [6, 6.07) is 6.56. The lowest BCUT2D eigenvalue weighted by atomic mass is 10.0. The van der Waals surface area contributed by atoms with E-state index in [1.54, 1.807) is 31.2 Å². The minimum atomic E-state index is -2.82. The number of aromatic nitrogens is 3. The highest BCUT2D eigenvalue weighted by molar-refractivity contribution is 7.73. The quantitative estimate of drug-likeness (QED) is 0.427. The molecule has 0 fully saturated rings. The van der Waals surface area contributed by atoms with Crippen molar-refractivity contribution in [2.24, 2.45) is 5.73 Å². The van der Waals surface area contributed by atoms with Crippen LogP contribution in [0.2, 0.25) is 0 Å². The Morgan fingerprint density at radius 2 is 2.00 bits per heavy atom. The second-order valence-corrected chi connectivity index (χ2v) is 7.09. The summed E-state index contributed by atoms with van der Waals surface area (Å²) in [5.41, 5.74) is 9.23. The van der Waals surface area contributed by atoms with Crippen LogP contribution in [0.4, 0.5) is 10.1 Å². The zero-order valence-electron chi connectivity index (χ0n) is 16.4. The van der Waals surface area contributed by atoms with Gasteiger partial charge in [0.05, 0.1) is 28.3 Å². The summed E-state index contributed by atoms with van der Waals surface area (Å²) in [5.74, 6) is 5.54. The monoisotopic (exact) mass is 425 g/mol. The number of hydrogen-bond donors (Lipinski definition) is 3. The van der Waals surface area contributed by atoms with Crippen LogP contribution in [0.5, 0.6) is 0 Å². The molecule has 0 bridgehead atoms. The molecule has 0 saturated carbocycles. The van der Waals surface area contributed by atoms with E-state index >= 15 is 0 Å². The van der Waals surface area contributed by atoms with Gasteiger partial charge in [-0.15, -0.1) is 0 Å². The molecule has 2 heterocycles. The highest BCUT2D eigenvalue weighted by Gasteiger charge is 2.16. The molecule has 3 aromatic rings. The SMILES string of the molecule is CCc1ncnc(-c2cccc(CN)c2F)c1C#Cc1cnc(C)c(N[SH](=O)=O)c1. The van der Waals surface area contributed by atoms with Gasteiger partial charge in [-0.1, -0.05) is 30.9 Å². The first kappa shape index (κ1) is 21.4. The summed E-state index contributed by atoms with van der Waals surface area (Å²) in [5, 5.41) is 0. The molecule has 0 unspecified atom stereocenters. The van der Waals surface area contributed by atoms with Crippen LogP contribution in [0.1, 0.15) is 35.0 Å². The predicted octanol–water partition coefficient (Wildman–Crippen LogP) is 2.35. The molecule has 7 nitrogen and oxygen atoms in total. The Kier molecular flexibility index (Phi) is 6.72. The van der Waals surface area contributed by atoms with Crippen molar-refractivity contribution < 1.29 is 12.8 Å². The van der Waals surface area contributed by atoms with Gasteiger partial charge in [0.1, 0.15) is 12.1 Å². The van der Waals surface area contributed by atoms with Crippen LogP contribution in [0.15, 0.2) is 36.8 Å². The third-order valence-corrected chi connectivity index (χ3v) is 4.87. The van der Waals surface area contributed by atoms with Crippen molar-refractivity contribution in [3.8, 4) is 23.1 Å². The number of nitrogens with one attached hydrogen (secondary N) is 1. The molecule has 3 rings (SSSR count). The molecule has 0 atom stereocenters. The van der Waals surface area contributed by atoms with Crippen LogP contribution >= 0.6 is 0 Å². The predicted molar refractivity (Wildman–Crippen MR) is 114 cm³/mol. The maximum Gasteiger partial charge on any atom is 0.222 e. The number of hydrogen-bond acceptors (Lipinski definition) is 6. The van der Waals surface area contributed by atoms with Gasteiger partial charge in [-0.2, -0.15) is 0 Å². The zero-order chi connectivity index (χ0) is 21.7. The fraction of sp³-hybridized carbons (Fsp3) is 0.190. The molecule has 0 amide bonds. The second kappa shape index (κ2) is 9.43. The van der Waals surface area contributed by atoms with E-state index in [4.69, 9.17) is 5.73 Å². The number of pyridine rings is 1. The van der Waals surface area contributed by atoms with Crippen molar-refractivity contribution >= 4 is 16.6 Å². The highest BCUT2D eigenvalue weighted by Crippen LogP contribution is 2.27. The van der Waals surface area contributed by atoms with E-state index in [1.807, 2.05) is 6.92 Å². The Balaban J connectivity index is 2.13. The van der Waals surface area contributed by atoms with Gasteiger partial charge in [0.15, 0.2) is 0 Å². The largest absolute Gasteiger partial charge is 0.326 e. The summed E-state index contributed by atoms with van der Waals surface area (Å²) in [7, 11) is -2.82. The molecule has 0 aliphatic carbocycles. The average molecular weight is 425 g/mol. The lowest BCUT2D eigenvalue weighted by molar-refractivity contribution is 0.613. The molecule has 0 aliphatic rings. The van der Waals surface area contributed by atoms with Crippen molar-refractivity contribution in [3.63, 3.8) is 0 Å². The van der Waals surface area contributed by atoms with E-state index in [0.717, 1.165) is 0 Å². The Bertz CT molecular complexity index is 1220. The Morgan fingerprint density at radius 1 is 1.20 bits per heavy atom. The van der Waals surface area contributed by atoms with Crippen molar-refractivity contribution in [2.75, 3.05) is 4.72 Å². The van der Waals surface area contributed by atoms with Crippen molar-refractivity contribution in [1.29, 1.82) is 0 Å². The Labute approximate surface area is 175 Å². The molecule has 0 spiro atoms. The smallest absolute Gasteiger partial charge is 0.222 e. The molecule has 0 radical (unpaired) electrons. The van der Waals surface area contributed by atoms with Gasteiger partial charge in [-0.05, 0) is 25.5 Å². The summed E-state index contributed by atoms with van der Waals surface area (Å²) < 4.78 is 39.2. The van der Waals surface area contributed by atoms with Gasteiger partial charge in [0, 0.05) is 29.4 Å². The van der Waals surface area contributed by atoms with E-state index < -0.39 is 16.7 Å². The van der Waals surface area contributed by atoms with Crippen LogP contribution in [0, 0.1) is 24.6 Å². The summed E-state index contributed by atoms with van der Waals surface area (Å²) in [6.45, 7) is 3.67. The van der Waals surface area contributed by atoms with Gasteiger partial charge in [0.25, 0.3) is 0 Å². The number of nitrogens with two attached hydrogens (primary N) is 1. The molecule has 154 valence electrons. The van der Waals surface area contributed by atoms with E-state index in [-0.39, 0.29) is 6.54 Å². The highest BCUT2D eigenvalue weighted by atomic mass is 32.2. The van der Waals surface area contributed by atoms with E-state index in [1.165, 1.54) is 12.5 Å². The number of aryl methyl sites for hydroxylation is 2. The van der Waals surface area contributed by atoms with E-state index in [9.17, 15) is 12.8 Å². The third-order valence-electron chi connectivity index (χ3n) is 4.44. The van der Waals surface area contributed by atoms with Crippen molar-refractivity contribution in [1.82, 2.24) is 15.0 Å². The van der Waals surface area contributed by atoms with Crippen molar-refractivity contribution in [3.05, 3.63) is 70.7 Å². The molecule has 0 aliphatic heterocycles. The van der Waals surface area contributed by atoms with E-state index in [2.05, 4.69) is 31.5 Å². The molecule has 0 saturated heterocycles. The van der Waals surface area contributed by atoms with Crippen LogP contribution in [-0.4, -0.2) is 23.4 Å². The van der Waals surface area contributed by atoms with Crippen LogP contribution in [-0.2, 0) is 23.9 Å². The number of thiol groups is 1. The summed E-state index contributed by atoms with van der Waals surface area (Å²) in [4.78, 5) is 12.7. The Morgan fingerprint density at radius 3 is 2.70 bits per heavy atom. The van der Waals surface area contributed by atoms with Gasteiger partial charge >= 0.3 is 0 Å². The number of nitrogens with zero attached hydrogens (tertiary/aromatic N) is 3. The third kappa shape index (κ3) is 4.62. The van der Waals surface area contributed by atoms with Crippen LogP contribution in [0.25, 0.3) is 11.3 Å². The normalized spacial score (nSPS) is 10.6. The molecule has 30 heavy (non-hydrogen) atoms. The maximum atomic E-state index is 14.9. The molecule has 1 aromatic carbocycles. The minimum absolute atomic E-state index is 0.0686. The van der Waals surface area contributed by atoms with Gasteiger partial charge < -0.3 is 5.73 Å². The molecule has 9 heteroatoms. The van der Waals surface area contributed by atoms with Gasteiger partial charge in [-0.3, -0.25) is 9.71 Å². The Hall–Kier alpha value is -3.35. The van der Waals surface area contributed by atoms with Gasteiger partial charge in [-0.25, -0.2) is 22.8 Å². The lowest BCUT2D eigenvalue weighted by Gasteiger charge is -2.10. The topological polar surface area (TPSA) is 111 Å². The maximum absolute atomic E-state index is 14.9. The van der Waals surface area contributed by atoms with Crippen LogP contribution in [0.3, 0.4) is 0 Å². The first-order chi connectivity index (χ1) is 14.4. The number of rotatable bonds is 5. The summed E-state index contributed by atoms with van der Waals surface area (Å²) in [6.07, 6.45) is 3.50. The number of halogens is 1. The fourth-order valence-corrected chi connectivity index (χ4v) is 3.32. The van der Waals surface area contributed by atoms with Gasteiger partial charge in [0.2, 0.25) is 10.9 Å². The van der Waals surface area contributed by atoms with Crippen molar-refractivity contribution in [2.45, 2.75) is 26.8 Å². The summed E-state index contributed by atoms with van der Waals surface area (Å²) >= 11 is 0. The van der Waals surface area contributed by atoms with Crippen LogP contribution < -0.4 is 10.5 Å². The minimum Gasteiger partial charge on any atom is -0.326 e.